The first-order chi connectivity index (χ1) is 7.15. The fourth-order valence-electron chi connectivity index (χ4n) is 1.09. The molecule has 4 nitrogen and oxygen atoms in total. The molecule has 1 unspecified atom stereocenters. The number of carbonyl (C=O) groups excluding carboxylic acids is 1. The smallest absolute Gasteiger partial charge is 0.125 e. The van der Waals surface area contributed by atoms with Crippen LogP contribution in [0.25, 0.3) is 0 Å². The van der Waals surface area contributed by atoms with Crippen LogP contribution in [0.3, 0.4) is 0 Å². The number of aliphatic imine (C=N–C) groups is 1. The van der Waals surface area contributed by atoms with E-state index in [2.05, 4.69) is 4.99 Å². The van der Waals surface area contributed by atoms with Crippen molar-refractivity contribution in [3.05, 3.63) is 35.4 Å². The Hall–Kier alpha value is -1.68. The Labute approximate surface area is 90.0 Å². The Bertz CT molecular complexity index is 317. The molecule has 1 atom stereocenters. The molecule has 0 aliphatic heterocycles. The van der Waals surface area contributed by atoms with Gasteiger partial charge in [0.2, 0.25) is 0 Å². The molecule has 0 heterocycles. The summed E-state index contributed by atoms with van der Waals surface area (Å²) in [5.74, 6) is 0.552. The van der Waals surface area contributed by atoms with Gasteiger partial charge in [-0.25, -0.2) is 0 Å². The Kier molecular flexibility index (Phi) is 5.97. The van der Waals surface area contributed by atoms with Gasteiger partial charge in [-0.3, -0.25) is 4.99 Å². The molecule has 0 aromatic heterocycles. The molecule has 15 heavy (non-hydrogen) atoms. The average molecular weight is 207 g/mol. The maximum atomic E-state index is 8.00. The summed E-state index contributed by atoms with van der Waals surface area (Å²) in [6, 6.07) is 7.87. The standard InChI is InChI=1S/C10H15N3.CH2O/c1-7(11)8-3-5-9(6-4-8)10(12)13-2;1-2/h3-7H,11H2,1-2H3,(H2,12,13);1H2. The summed E-state index contributed by atoms with van der Waals surface area (Å²) in [5.41, 5.74) is 13.4. The van der Waals surface area contributed by atoms with Gasteiger partial charge in [-0.15, -0.1) is 0 Å². The molecule has 1 rings (SSSR count). The first-order valence-electron chi connectivity index (χ1n) is 4.52. The summed E-state index contributed by atoms with van der Waals surface area (Å²) >= 11 is 0. The highest BCUT2D eigenvalue weighted by atomic mass is 16.1. The van der Waals surface area contributed by atoms with Gasteiger partial charge in [-0.05, 0) is 12.5 Å². The fraction of sp³-hybridized carbons (Fsp3) is 0.273. The second-order valence-electron chi connectivity index (χ2n) is 3.02. The van der Waals surface area contributed by atoms with Crippen LogP contribution in [0, 0.1) is 0 Å². The van der Waals surface area contributed by atoms with E-state index >= 15 is 0 Å². The van der Waals surface area contributed by atoms with Crippen molar-refractivity contribution in [3.8, 4) is 0 Å². The molecule has 4 heteroatoms. The van der Waals surface area contributed by atoms with Crippen molar-refractivity contribution < 1.29 is 4.79 Å². The lowest BCUT2D eigenvalue weighted by Crippen LogP contribution is -2.13. The summed E-state index contributed by atoms with van der Waals surface area (Å²) in [4.78, 5) is 11.9. The number of amidine groups is 1. The molecule has 0 saturated carbocycles. The number of hydrogen-bond donors (Lipinski definition) is 2. The van der Waals surface area contributed by atoms with E-state index in [9.17, 15) is 0 Å². The quantitative estimate of drug-likeness (QED) is 0.557. The van der Waals surface area contributed by atoms with E-state index in [1.165, 1.54) is 0 Å². The van der Waals surface area contributed by atoms with E-state index in [4.69, 9.17) is 16.3 Å². The predicted octanol–water partition coefficient (Wildman–Crippen LogP) is 0.856. The molecule has 0 saturated heterocycles. The first kappa shape index (κ1) is 13.3. The lowest BCUT2D eigenvalue weighted by molar-refractivity contribution is -0.0979. The van der Waals surface area contributed by atoms with Crippen molar-refractivity contribution in [1.82, 2.24) is 0 Å². The molecule has 0 amide bonds. The van der Waals surface area contributed by atoms with Crippen LogP contribution in [-0.4, -0.2) is 19.7 Å². The fourth-order valence-corrected chi connectivity index (χ4v) is 1.09. The van der Waals surface area contributed by atoms with E-state index < -0.39 is 0 Å². The molecule has 4 N–H and O–H groups in total. The largest absolute Gasteiger partial charge is 0.384 e. The maximum Gasteiger partial charge on any atom is 0.125 e. The molecular weight excluding hydrogens is 190 g/mol. The highest BCUT2D eigenvalue weighted by Gasteiger charge is 2.00. The van der Waals surface area contributed by atoms with E-state index in [0.29, 0.717) is 5.84 Å². The van der Waals surface area contributed by atoms with E-state index in [-0.39, 0.29) is 6.04 Å². The molecule has 1 aromatic rings. The highest BCUT2D eigenvalue weighted by Crippen LogP contribution is 2.10. The van der Waals surface area contributed by atoms with Gasteiger partial charge >= 0.3 is 0 Å². The van der Waals surface area contributed by atoms with Crippen LogP contribution in [0.15, 0.2) is 29.3 Å². The summed E-state index contributed by atoms with van der Waals surface area (Å²) in [7, 11) is 1.68. The van der Waals surface area contributed by atoms with Crippen LogP contribution in [0.2, 0.25) is 0 Å². The van der Waals surface area contributed by atoms with Crippen molar-refractivity contribution in [2.75, 3.05) is 7.05 Å². The molecular formula is C11H17N3O. The van der Waals surface area contributed by atoms with Gasteiger partial charge < -0.3 is 16.3 Å². The summed E-state index contributed by atoms with van der Waals surface area (Å²) in [6.45, 7) is 3.95. The number of carbonyl (C=O) groups is 1. The third kappa shape index (κ3) is 3.91. The van der Waals surface area contributed by atoms with E-state index in [1.54, 1.807) is 7.05 Å². The minimum atomic E-state index is 0.0637. The van der Waals surface area contributed by atoms with Gasteiger partial charge in [0, 0.05) is 18.7 Å². The number of nitrogens with zero attached hydrogens (tertiary/aromatic N) is 1. The number of nitrogens with two attached hydrogens (primary N) is 2. The zero-order chi connectivity index (χ0) is 11.8. The lowest BCUT2D eigenvalue weighted by Gasteiger charge is -2.06. The van der Waals surface area contributed by atoms with Crippen molar-refractivity contribution in [3.63, 3.8) is 0 Å². The minimum absolute atomic E-state index is 0.0637. The number of hydrogen-bond acceptors (Lipinski definition) is 3. The monoisotopic (exact) mass is 207 g/mol. The molecule has 0 aliphatic carbocycles. The molecule has 0 fully saturated rings. The first-order valence-corrected chi connectivity index (χ1v) is 4.52. The summed E-state index contributed by atoms with van der Waals surface area (Å²) in [5, 5.41) is 0. The van der Waals surface area contributed by atoms with Gasteiger partial charge in [0.15, 0.2) is 0 Å². The van der Waals surface area contributed by atoms with Crippen molar-refractivity contribution >= 4 is 12.6 Å². The highest BCUT2D eigenvalue weighted by molar-refractivity contribution is 5.97. The Morgan fingerprint density at radius 3 is 2.13 bits per heavy atom. The predicted molar refractivity (Wildman–Crippen MR) is 62.8 cm³/mol. The Morgan fingerprint density at radius 2 is 1.80 bits per heavy atom. The normalized spacial score (nSPS) is 12.6. The summed E-state index contributed by atoms with van der Waals surface area (Å²) in [6.07, 6.45) is 0. The molecule has 1 aromatic carbocycles. The zero-order valence-electron chi connectivity index (χ0n) is 9.10. The van der Waals surface area contributed by atoms with Crippen LogP contribution in [-0.2, 0) is 4.79 Å². The van der Waals surface area contributed by atoms with Crippen molar-refractivity contribution in [1.29, 1.82) is 0 Å². The van der Waals surface area contributed by atoms with E-state index in [0.717, 1.165) is 11.1 Å². The minimum Gasteiger partial charge on any atom is -0.384 e. The Balaban J connectivity index is 0.000000921. The zero-order valence-corrected chi connectivity index (χ0v) is 9.10. The second kappa shape index (κ2) is 6.73. The molecule has 0 aliphatic rings. The van der Waals surface area contributed by atoms with E-state index in [1.807, 2.05) is 38.0 Å². The third-order valence-corrected chi connectivity index (χ3v) is 1.97. The van der Waals surface area contributed by atoms with Crippen LogP contribution < -0.4 is 11.5 Å². The van der Waals surface area contributed by atoms with Gasteiger partial charge in [-0.2, -0.15) is 0 Å². The second-order valence-corrected chi connectivity index (χ2v) is 3.02. The van der Waals surface area contributed by atoms with Crippen LogP contribution >= 0.6 is 0 Å². The summed E-state index contributed by atoms with van der Waals surface area (Å²) < 4.78 is 0. The molecule has 0 spiro atoms. The SMILES string of the molecule is C=O.CN=C(N)c1ccc(C(C)N)cc1. The number of rotatable bonds is 2. The van der Waals surface area contributed by atoms with Crippen LogP contribution in [0.5, 0.6) is 0 Å². The maximum absolute atomic E-state index is 8.00. The van der Waals surface area contributed by atoms with Crippen LogP contribution in [0.1, 0.15) is 24.1 Å². The lowest BCUT2D eigenvalue weighted by atomic mass is 10.1. The van der Waals surface area contributed by atoms with Gasteiger partial charge in [-0.1, -0.05) is 24.3 Å². The average Bonchev–Trinajstić information content (AvgIpc) is 2.31. The molecule has 0 radical (unpaired) electrons. The molecule has 0 bridgehead atoms. The Morgan fingerprint density at radius 1 is 1.33 bits per heavy atom. The van der Waals surface area contributed by atoms with Gasteiger partial charge in [0.25, 0.3) is 0 Å². The van der Waals surface area contributed by atoms with Crippen molar-refractivity contribution in [2.24, 2.45) is 16.5 Å². The number of benzene rings is 1. The van der Waals surface area contributed by atoms with Gasteiger partial charge in [0.05, 0.1) is 0 Å². The third-order valence-electron chi connectivity index (χ3n) is 1.97. The van der Waals surface area contributed by atoms with Crippen molar-refractivity contribution in [2.45, 2.75) is 13.0 Å². The van der Waals surface area contributed by atoms with Gasteiger partial charge in [0.1, 0.15) is 12.6 Å². The topological polar surface area (TPSA) is 81.5 Å². The van der Waals surface area contributed by atoms with Crippen LogP contribution in [0.4, 0.5) is 0 Å². The molecule has 82 valence electrons.